The zero-order valence-electron chi connectivity index (χ0n) is 20.8. The van der Waals surface area contributed by atoms with Gasteiger partial charge in [0.05, 0.1) is 4.90 Å². The molecule has 2 aromatic carbocycles. The number of anilines is 1. The van der Waals surface area contributed by atoms with E-state index in [2.05, 4.69) is 9.88 Å². The van der Waals surface area contributed by atoms with Crippen LogP contribution < -0.4 is 4.90 Å². The molecular weight excluding hydrogens is 479 g/mol. The standard InChI is InChI=1S/C27H33FN4O3S/c1-21(33)32(25-9-7-24(28)8-10-25)16-4-15-31-17-12-22(13-18-31)20-30(2)36(34,35)27-6-3-5-23-19-29-14-11-26(23)27/h3,5-11,14,19,22H,4,12-13,15-18,20H2,1-2H3. The number of hydrogen-bond donors (Lipinski definition) is 0. The molecule has 0 unspecified atom stereocenters. The molecule has 0 bridgehead atoms. The highest BCUT2D eigenvalue weighted by atomic mass is 32.2. The van der Waals surface area contributed by atoms with Crippen LogP contribution >= 0.6 is 0 Å². The molecule has 1 aliphatic heterocycles. The third kappa shape index (κ3) is 6.08. The number of rotatable bonds is 9. The second-order valence-electron chi connectivity index (χ2n) is 9.42. The van der Waals surface area contributed by atoms with Gasteiger partial charge < -0.3 is 9.80 Å². The highest BCUT2D eigenvalue weighted by molar-refractivity contribution is 7.89. The van der Waals surface area contributed by atoms with Gasteiger partial charge in [0.25, 0.3) is 0 Å². The van der Waals surface area contributed by atoms with Gasteiger partial charge in [0, 0.05) is 55.9 Å². The summed E-state index contributed by atoms with van der Waals surface area (Å²) in [5, 5.41) is 1.50. The van der Waals surface area contributed by atoms with Crippen molar-refractivity contribution in [1.29, 1.82) is 0 Å². The molecule has 0 saturated carbocycles. The molecule has 1 aromatic heterocycles. The lowest BCUT2D eigenvalue weighted by Gasteiger charge is -2.34. The fourth-order valence-corrected chi connectivity index (χ4v) is 6.34. The van der Waals surface area contributed by atoms with Crippen LogP contribution in [0.3, 0.4) is 0 Å². The summed E-state index contributed by atoms with van der Waals surface area (Å²) < 4.78 is 41.3. The van der Waals surface area contributed by atoms with Gasteiger partial charge in [0.15, 0.2) is 0 Å². The monoisotopic (exact) mass is 512 g/mol. The molecule has 1 saturated heterocycles. The molecule has 1 fully saturated rings. The second kappa shape index (κ2) is 11.5. The van der Waals surface area contributed by atoms with E-state index in [1.54, 1.807) is 54.7 Å². The molecule has 4 rings (SSSR count). The lowest BCUT2D eigenvalue weighted by molar-refractivity contribution is -0.116. The number of nitrogens with zero attached hydrogens (tertiary/aromatic N) is 4. The normalized spacial score (nSPS) is 15.4. The van der Waals surface area contributed by atoms with Gasteiger partial charge in [0.2, 0.25) is 15.9 Å². The number of hydrogen-bond acceptors (Lipinski definition) is 5. The number of likely N-dealkylation sites (tertiary alicyclic amines) is 1. The number of piperidine rings is 1. The summed E-state index contributed by atoms with van der Waals surface area (Å²) in [6.07, 6.45) is 5.96. The maximum Gasteiger partial charge on any atom is 0.243 e. The topological polar surface area (TPSA) is 73.8 Å². The van der Waals surface area contributed by atoms with Crippen LogP contribution in [-0.2, 0) is 14.8 Å². The Balaban J connectivity index is 1.27. The van der Waals surface area contributed by atoms with Gasteiger partial charge in [-0.15, -0.1) is 0 Å². The van der Waals surface area contributed by atoms with Crippen LogP contribution in [0.25, 0.3) is 10.8 Å². The van der Waals surface area contributed by atoms with E-state index in [1.165, 1.54) is 23.4 Å². The average molecular weight is 513 g/mol. The molecule has 0 atom stereocenters. The van der Waals surface area contributed by atoms with E-state index < -0.39 is 10.0 Å². The number of benzene rings is 2. The van der Waals surface area contributed by atoms with E-state index in [1.807, 2.05) is 6.07 Å². The van der Waals surface area contributed by atoms with Crippen molar-refractivity contribution in [2.45, 2.75) is 31.1 Å². The molecule has 2 heterocycles. The molecule has 1 amide bonds. The first-order valence-corrected chi connectivity index (χ1v) is 13.7. The molecule has 0 radical (unpaired) electrons. The van der Waals surface area contributed by atoms with Gasteiger partial charge >= 0.3 is 0 Å². The van der Waals surface area contributed by atoms with Gasteiger partial charge in [-0.3, -0.25) is 9.78 Å². The van der Waals surface area contributed by atoms with Crippen LogP contribution in [0.2, 0.25) is 0 Å². The average Bonchev–Trinajstić information content (AvgIpc) is 2.87. The van der Waals surface area contributed by atoms with Crippen LogP contribution in [0.1, 0.15) is 26.2 Å². The summed E-state index contributed by atoms with van der Waals surface area (Å²) >= 11 is 0. The molecule has 0 spiro atoms. The van der Waals surface area contributed by atoms with Crippen molar-refractivity contribution in [3.63, 3.8) is 0 Å². The van der Waals surface area contributed by atoms with Gasteiger partial charge in [0.1, 0.15) is 5.82 Å². The lowest BCUT2D eigenvalue weighted by atomic mass is 9.97. The van der Waals surface area contributed by atoms with Crippen LogP contribution in [-0.4, -0.2) is 68.3 Å². The summed E-state index contributed by atoms with van der Waals surface area (Å²) in [6, 6.07) is 13.0. The van der Waals surface area contributed by atoms with E-state index in [9.17, 15) is 17.6 Å². The summed E-state index contributed by atoms with van der Waals surface area (Å²) in [5.41, 5.74) is 0.703. The molecule has 0 aliphatic carbocycles. The molecule has 36 heavy (non-hydrogen) atoms. The maximum absolute atomic E-state index is 13.3. The Kier molecular flexibility index (Phi) is 8.33. The first-order chi connectivity index (χ1) is 17.3. The number of carbonyl (C=O) groups excluding carboxylic acids is 1. The van der Waals surface area contributed by atoms with Crippen molar-refractivity contribution in [2.75, 3.05) is 44.7 Å². The smallest absolute Gasteiger partial charge is 0.243 e. The molecule has 3 aromatic rings. The van der Waals surface area contributed by atoms with Gasteiger partial charge in [-0.05, 0) is 81.2 Å². The molecule has 0 N–H and O–H groups in total. The zero-order chi connectivity index (χ0) is 25.7. The number of halogens is 1. The van der Waals surface area contributed by atoms with Gasteiger partial charge in [-0.2, -0.15) is 0 Å². The second-order valence-corrected chi connectivity index (χ2v) is 11.4. The summed E-state index contributed by atoms with van der Waals surface area (Å²) in [7, 11) is -1.95. The third-order valence-electron chi connectivity index (χ3n) is 6.93. The van der Waals surface area contributed by atoms with Crippen molar-refractivity contribution < 1.29 is 17.6 Å². The molecular formula is C27H33FN4O3S. The Labute approximate surface area is 212 Å². The zero-order valence-corrected chi connectivity index (χ0v) is 21.6. The molecule has 192 valence electrons. The van der Waals surface area contributed by atoms with E-state index in [-0.39, 0.29) is 11.7 Å². The maximum atomic E-state index is 13.3. The molecule has 1 aliphatic rings. The Morgan fingerprint density at radius 1 is 1.11 bits per heavy atom. The van der Waals surface area contributed by atoms with E-state index in [4.69, 9.17) is 0 Å². The Hall–Kier alpha value is -2.88. The summed E-state index contributed by atoms with van der Waals surface area (Å²) in [6.45, 7) is 5.23. The predicted molar refractivity (Wildman–Crippen MR) is 140 cm³/mol. The first kappa shape index (κ1) is 26.2. The number of carbonyl (C=O) groups is 1. The quantitative estimate of drug-likeness (QED) is 0.431. The lowest BCUT2D eigenvalue weighted by Crippen LogP contribution is -2.40. The number of sulfonamides is 1. The number of aromatic nitrogens is 1. The summed E-state index contributed by atoms with van der Waals surface area (Å²) in [5.74, 6) is -0.0874. The van der Waals surface area contributed by atoms with Crippen molar-refractivity contribution in [3.8, 4) is 0 Å². The first-order valence-electron chi connectivity index (χ1n) is 12.3. The minimum absolute atomic E-state index is 0.0629. The van der Waals surface area contributed by atoms with Crippen molar-refractivity contribution in [1.82, 2.24) is 14.2 Å². The fraction of sp³-hybridized carbons (Fsp3) is 0.407. The van der Waals surface area contributed by atoms with Crippen molar-refractivity contribution in [3.05, 3.63) is 66.7 Å². The van der Waals surface area contributed by atoms with Crippen LogP contribution in [0.4, 0.5) is 10.1 Å². The van der Waals surface area contributed by atoms with Gasteiger partial charge in [-0.25, -0.2) is 17.1 Å². The fourth-order valence-electron chi connectivity index (χ4n) is 4.88. The SMILES string of the molecule is CC(=O)N(CCCN1CCC(CN(C)S(=O)(=O)c2cccc3cnccc23)CC1)c1ccc(F)cc1. The largest absolute Gasteiger partial charge is 0.313 e. The van der Waals surface area contributed by atoms with E-state index >= 15 is 0 Å². The number of pyridine rings is 1. The Bertz CT molecular complexity index is 1290. The number of amides is 1. The van der Waals surface area contributed by atoms with E-state index in [0.29, 0.717) is 35.0 Å². The number of fused-ring (bicyclic) bond motifs is 1. The highest BCUT2D eigenvalue weighted by Crippen LogP contribution is 2.27. The van der Waals surface area contributed by atoms with E-state index in [0.717, 1.165) is 44.3 Å². The van der Waals surface area contributed by atoms with Crippen LogP contribution in [0.5, 0.6) is 0 Å². The minimum atomic E-state index is -3.61. The third-order valence-corrected chi connectivity index (χ3v) is 8.81. The van der Waals surface area contributed by atoms with Crippen LogP contribution in [0, 0.1) is 11.7 Å². The van der Waals surface area contributed by atoms with Crippen LogP contribution in [0.15, 0.2) is 65.8 Å². The highest BCUT2D eigenvalue weighted by Gasteiger charge is 2.27. The molecule has 9 heteroatoms. The Morgan fingerprint density at radius 3 is 2.53 bits per heavy atom. The Morgan fingerprint density at radius 2 is 1.83 bits per heavy atom. The summed E-state index contributed by atoms with van der Waals surface area (Å²) in [4.78, 5) is 20.5. The van der Waals surface area contributed by atoms with Crippen molar-refractivity contribution >= 4 is 32.4 Å². The molecule has 7 nitrogen and oxygen atoms in total. The minimum Gasteiger partial charge on any atom is -0.313 e. The van der Waals surface area contributed by atoms with Gasteiger partial charge in [-0.1, -0.05) is 12.1 Å². The predicted octanol–water partition coefficient (Wildman–Crippen LogP) is 4.15. The van der Waals surface area contributed by atoms with Crippen molar-refractivity contribution in [2.24, 2.45) is 5.92 Å².